The van der Waals surface area contributed by atoms with Crippen LogP contribution < -0.4 is 9.80 Å². The summed E-state index contributed by atoms with van der Waals surface area (Å²) in [7, 11) is 1.70. The molecule has 0 aromatic heterocycles. The third-order valence-electron chi connectivity index (χ3n) is 11.6. The van der Waals surface area contributed by atoms with E-state index in [0.29, 0.717) is 43.4 Å². The average molecular weight is 822 g/mol. The van der Waals surface area contributed by atoms with Gasteiger partial charge in [-0.15, -0.1) is 13.2 Å². The van der Waals surface area contributed by atoms with Crippen LogP contribution in [0, 0.1) is 11.8 Å². The van der Waals surface area contributed by atoms with Gasteiger partial charge in [-0.3, -0.25) is 19.2 Å². The molecule has 2 bridgehead atoms. The monoisotopic (exact) mass is 820 g/mol. The van der Waals surface area contributed by atoms with Gasteiger partial charge in [0.05, 0.1) is 24.0 Å². The van der Waals surface area contributed by atoms with Gasteiger partial charge in [-0.05, 0) is 82.7 Å². The molecule has 8 atom stereocenters. The number of likely N-dealkylation sites (N-methyl/N-ethyl adjacent to an activating group) is 1. The van der Waals surface area contributed by atoms with E-state index in [1.54, 1.807) is 33.9 Å². The van der Waals surface area contributed by atoms with Crippen molar-refractivity contribution < 1.29 is 33.8 Å². The second kappa shape index (κ2) is 18.8. The van der Waals surface area contributed by atoms with Crippen molar-refractivity contribution in [2.24, 2.45) is 11.8 Å². The van der Waals surface area contributed by atoms with Crippen LogP contribution in [0.5, 0.6) is 0 Å². The number of hydrogen-bond acceptors (Lipinski definition) is 8. The number of benzene rings is 2. The number of fused-ring (bicyclic) bond motifs is 1. The van der Waals surface area contributed by atoms with E-state index in [9.17, 15) is 19.5 Å². The Balaban J connectivity index is 1.51. The van der Waals surface area contributed by atoms with Crippen molar-refractivity contribution in [3.8, 4) is 0 Å². The molecule has 3 saturated heterocycles. The predicted octanol–water partition coefficient (Wildman–Crippen LogP) is 6.06. The summed E-state index contributed by atoms with van der Waals surface area (Å²) in [5.74, 6) is -3.29. The number of ether oxygens (including phenoxy) is 2. The summed E-state index contributed by atoms with van der Waals surface area (Å²) < 4.78 is 13.2. The van der Waals surface area contributed by atoms with Crippen LogP contribution in [0.2, 0.25) is 0 Å². The molecule has 1 N–H and O–H groups in total. The predicted molar refractivity (Wildman–Crippen MR) is 218 cm³/mol. The van der Waals surface area contributed by atoms with Crippen molar-refractivity contribution in [2.45, 2.75) is 94.0 Å². The topological polar surface area (TPSA) is 120 Å². The zero-order chi connectivity index (χ0) is 39.9. The molecule has 11 nitrogen and oxygen atoms in total. The number of likely N-dealkylation sites (tertiary alicyclic amines) is 1. The maximum absolute atomic E-state index is 15.1. The second-order valence-electron chi connectivity index (χ2n) is 14.7. The molecule has 0 saturated carbocycles. The molecule has 55 heavy (non-hydrogen) atoms. The number of rotatable bonds is 20. The normalized spacial score (nSPS) is 24.9. The molecule has 0 aliphatic carbocycles. The van der Waals surface area contributed by atoms with E-state index in [4.69, 9.17) is 9.47 Å². The third kappa shape index (κ3) is 8.42. The number of alkyl halides is 1. The van der Waals surface area contributed by atoms with Gasteiger partial charge in [0.2, 0.25) is 11.8 Å². The van der Waals surface area contributed by atoms with E-state index in [1.165, 1.54) is 0 Å². The maximum Gasteiger partial charge on any atom is 0.313 e. The fourth-order valence-corrected chi connectivity index (χ4v) is 9.59. The highest BCUT2D eigenvalue weighted by molar-refractivity contribution is 9.09. The Morgan fingerprint density at radius 1 is 1.04 bits per heavy atom. The number of esters is 1. The lowest BCUT2D eigenvalue weighted by atomic mass is 9.70. The van der Waals surface area contributed by atoms with Crippen LogP contribution in [0.15, 0.2) is 79.9 Å². The number of hydrogen-bond donors (Lipinski definition) is 1. The fourth-order valence-electron chi connectivity index (χ4n) is 8.64. The Hall–Kier alpha value is -4.00. The maximum atomic E-state index is 15.1. The molecular formula is C43H57BrN4O7. The Morgan fingerprint density at radius 2 is 1.71 bits per heavy atom. The first kappa shape index (κ1) is 42.1. The summed E-state index contributed by atoms with van der Waals surface area (Å²) in [6.45, 7) is 15.9. The minimum absolute atomic E-state index is 0.0273. The smallest absolute Gasteiger partial charge is 0.313 e. The molecule has 3 aliphatic rings. The summed E-state index contributed by atoms with van der Waals surface area (Å²) in [6, 6.07) is 15.5. The van der Waals surface area contributed by atoms with Crippen LogP contribution >= 0.6 is 15.9 Å². The molecule has 12 heteroatoms. The number of unbranched alkanes of at least 4 members (excludes halogenated alkanes) is 2. The second-order valence-corrected chi connectivity index (χ2v) is 15.9. The van der Waals surface area contributed by atoms with Crippen LogP contribution in [-0.2, 0) is 28.7 Å². The minimum Gasteiger partial charge on any atom is -0.455 e. The lowest BCUT2D eigenvalue weighted by Crippen LogP contribution is -2.57. The van der Waals surface area contributed by atoms with Gasteiger partial charge in [0.1, 0.15) is 17.7 Å². The number of allylic oxidation sites excluding steroid dienone is 1. The number of amides is 3. The van der Waals surface area contributed by atoms with E-state index >= 15 is 4.79 Å². The van der Waals surface area contributed by atoms with Crippen LogP contribution in [0.1, 0.15) is 71.0 Å². The number of carbonyl (C=O) groups is 4. The van der Waals surface area contributed by atoms with Crippen molar-refractivity contribution in [1.29, 1.82) is 0 Å². The summed E-state index contributed by atoms with van der Waals surface area (Å²) >= 11 is 3.78. The SMILES string of the molecule is C=CCCC(=O)N(C)[C@H](C)[C@H](OC(=O)[C@@H]1[C@H]2O[C@@]3(CC2Br)[C@H](C(=O)N(CC=C)c2ccc(N(CC)CC)cc2)N(CCCCCO)C(=O)[C@@H]13)c1ccccc1. The quantitative estimate of drug-likeness (QED) is 0.0742. The third-order valence-corrected chi connectivity index (χ3v) is 12.4. The van der Waals surface area contributed by atoms with Crippen molar-refractivity contribution >= 4 is 51.0 Å². The number of aliphatic hydroxyl groups is 1. The molecule has 2 aromatic rings. The molecule has 5 rings (SSSR count). The van der Waals surface area contributed by atoms with E-state index in [2.05, 4.69) is 47.8 Å². The first-order chi connectivity index (χ1) is 26.5. The summed E-state index contributed by atoms with van der Waals surface area (Å²) in [4.78, 5) is 64.3. The lowest BCUT2D eigenvalue weighted by molar-refractivity contribution is -0.164. The molecule has 2 aromatic carbocycles. The van der Waals surface area contributed by atoms with Crippen molar-refractivity contribution in [2.75, 3.05) is 49.6 Å². The molecule has 0 radical (unpaired) electrons. The molecule has 1 spiro atoms. The van der Waals surface area contributed by atoms with Gasteiger partial charge in [0, 0.05) is 62.5 Å². The first-order valence-electron chi connectivity index (χ1n) is 19.6. The highest BCUT2D eigenvalue weighted by Gasteiger charge is 2.77. The molecule has 1 unspecified atom stereocenters. The Morgan fingerprint density at radius 3 is 2.33 bits per heavy atom. The van der Waals surface area contributed by atoms with E-state index < -0.39 is 47.7 Å². The van der Waals surface area contributed by atoms with Gasteiger partial charge >= 0.3 is 5.97 Å². The minimum atomic E-state index is -1.29. The number of aliphatic hydroxyl groups excluding tert-OH is 1. The Bertz CT molecular complexity index is 1670. The zero-order valence-corrected chi connectivity index (χ0v) is 34.2. The van der Waals surface area contributed by atoms with Gasteiger partial charge in [0.15, 0.2) is 0 Å². The molecular weight excluding hydrogens is 764 g/mol. The molecule has 3 fully saturated rings. The molecule has 3 aliphatic heterocycles. The Kier molecular flexibility index (Phi) is 14.4. The number of carbonyl (C=O) groups excluding carboxylic acids is 4. The van der Waals surface area contributed by atoms with Crippen LogP contribution in [0.4, 0.5) is 11.4 Å². The summed E-state index contributed by atoms with van der Waals surface area (Å²) in [6.07, 6.45) is 4.75. The summed E-state index contributed by atoms with van der Waals surface area (Å²) in [5, 5.41) is 9.47. The van der Waals surface area contributed by atoms with Crippen LogP contribution in [0.25, 0.3) is 0 Å². The van der Waals surface area contributed by atoms with Crippen molar-refractivity contribution in [1.82, 2.24) is 9.80 Å². The molecule has 3 heterocycles. The fraction of sp³-hybridized carbons (Fsp3) is 0.535. The van der Waals surface area contributed by atoms with E-state index in [-0.39, 0.29) is 48.7 Å². The Labute approximate surface area is 334 Å². The molecule has 3 amide bonds. The highest BCUT2D eigenvalue weighted by atomic mass is 79.9. The highest BCUT2D eigenvalue weighted by Crippen LogP contribution is 2.60. The van der Waals surface area contributed by atoms with E-state index in [1.807, 2.05) is 61.5 Å². The van der Waals surface area contributed by atoms with Crippen molar-refractivity contribution in [3.05, 3.63) is 85.5 Å². The standard InChI is InChI=1S/C43H57BrN4O7/c1-7-11-20-34(50)45(6)29(5)37(30-18-14-12-15-19-30)54-42(53)35-36-40(51)48(26-16-13-17-27-49)39(43(36)28-33(44)38(35)55-43)41(52)47(25-8-2)32-23-21-31(22-24-32)46(9-3)10-4/h7-8,12,14-15,18-19,21-24,29,33,35-39,49H,1-2,9-11,13,16-17,20,25-28H2,3-6H3/t29-,33?,35+,36-,37+,38+,39+,43-/m1/s1. The van der Waals surface area contributed by atoms with Gasteiger partial charge < -0.3 is 34.2 Å². The van der Waals surface area contributed by atoms with Gasteiger partial charge in [-0.25, -0.2) is 0 Å². The van der Waals surface area contributed by atoms with E-state index in [0.717, 1.165) is 18.8 Å². The largest absolute Gasteiger partial charge is 0.455 e. The number of anilines is 2. The van der Waals surface area contributed by atoms with Crippen molar-refractivity contribution in [3.63, 3.8) is 0 Å². The zero-order valence-electron chi connectivity index (χ0n) is 32.6. The van der Waals surface area contributed by atoms with Gasteiger partial charge in [-0.2, -0.15) is 0 Å². The first-order valence-corrected chi connectivity index (χ1v) is 20.5. The van der Waals surface area contributed by atoms with Crippen LogP contribution in [0.3, 0.4) is 0 Å². The summed E-state index contributed by atoms with van der Waals surface area (Å²) in [5.41, 5.74) is 1.12. The number of nitrogens with zero attached hydrogens (tertiary/aromatic N) is 4. The van der Waals surface area contributed by atoms with Gasteiger partial charge in [0.25, 0.3) is 5.91 Å². The number of halogens is 1. The lowest BCUT2D eigenvalue weighted by Gasteiger charge is -2.37. The average Bonchev–Trinajstić information content (AvgIpc) is 3.79. The molecule has 298 valence electrons. The van der Waals surface area contributed by atoms with Gasteiger partial charge in [-0.1, -0.05) is 58.4 Å². The van der Waals surface area contributed by atoms with Crippen LogP contribution in [-0.4, -0.2) is 107 Å².